The minimum Gasteiger partial charge on any atom is -0.258 e. The summed E-state index contributed by atoms with van der Waals surface area (Å²) in [5.41, 5.74) is 0.0984. The summed E-state index contributed by atoms with van der Waals surface area (Å²) < 4.78 is 0. The van der Waals surface area contributed by atoms with Crippen LogP contribution in [0.15, 0.2) is 17.8 Å². The predicted molar refractivity (Wildman–Crippen MR) is 32.1 cm³/mol. The van der Waals surface area contributed by atoms with Crippen molar-refractivity contribution in [3.63, 3.8) is 0 Å². The molecule has 0 saturated carbocycles. The van der Waals surface area contributed by atoms with E-state index < -0.39 is 4.92 Å². The van der Waals surface area contributed by atoms with E-state index in [0.717, 1.165) is 6.42 Å². The average Bonchev–Trinajstić information content (AvgIpc) is 1.90. The van der Waals surface area contributed by atoms with Crippen LogP contribution in [0.4, 0.5) is 0 Å². The van der Waals surface area contributed by atoms with Gasteiger partial charge in [-0.05, 0) is 12.8 Å². The van der Waals surface area contributed by atoms with E-state index in [1.54, 1.807) is 6.08 Å². The van der Waals surface area contributed by atoms with Gasteiger partial charge in [0.05, 0.1) is 4.92 Å². The Bertz CT molecular complexity index is 181. The van der Waals surface area contributed by atoms with Crippen molar-refractivity contribution < 1.29 is 4.92 Å². The summed E-state index contributed by atoms with van der Waals surface area (Å²) in [5, 5.41) is 10.0. The van der Waals surface area contributed by atoms with Crippen LogP contribution in [0.25, 0.3) is 0 Å². The smallest absolute Gasteiger partial charge is 0.258 e. The van der Waals surface area contributed by atoms with E-state index in [-0.39, 0.29) is 5.70 Å². The quantitative estimate of drug-likeness (QED) is 0.390. The topological polar surface area (TPSA) is 43.1 Å². The van der Waals surface area contributed by atoms with Crippen molar-refractivity contribution in [2.75, 3.05) is 0 Å². The molecule has 0 fully saturated rings. The Labute approximate surface area is 52.8 Å². The van der Waals surface area contributed by atoms with Crippen molar-refractivity contribution >= 4 is 0 Å². The molecule has 0 spiro atoms. The second-order valence-electron chi connectivity index (χ2n) is 1.76. The highest BCUT2D eigenvalue weighted by atomic mass is 16.6. The Hall–Kier alpha value is -1.12. The zero-order chi connectivity index (χ0) is 6.69. The van der Waals surface area contributed by atoms with Crippen LogP contribution in [0.2, 0.25) is 0 Å². The molecule has 0 bridgehead atoms. The molecule has 0 amide bonds. The molecule has 1 aliphatic rings. The maximum Gasteiger partial charge on any atom is 0.272 e. The molecule has 0 N–H and O–H groups in total. The number of rotatable bonds is 1. The van der Waals surface area contributed by atoms with Gasteiger partial charge in [-0.3, -0.25) is 10.1 Å². The van der Waals surface area contributed by atoms with Crippen LogP contribution in [0, 0.1) is 16.2 Å². The summed E-state index contributed by atoms with van der Waals surface area (Å²) in [7, 11) is 0. The Balaban J connectivity index is 2.69. The van der Waals surface area contributed by atoms with E-state index >= 15 is 0 Å². The summed E-state index contributed by atoms with van der Waals surface area (Å²) in [6.45, 7) is 0. The first-order valence-electron chi connectivity index (χ1n) is 2.72. The van der Waals surface area contributed by atoms with Gasteiger partial charge in [0.2, 0.25) is 0 Å². The van der Waals surface area contributed by atoms with Gasteiger partial charge < -0.3 is 0 Å². The van der Waals surface area contributed by atoms with E-state index in [2.05, 4.69) is 6.08 Å². The monoisotopic (exact) mass is 124 g/mol. The van der Waals surface area contributed by atoms with Crippen molar-refractivity contribution in [2.45, 2.75) is 12.8 Å². The molecule has 1 rings (SSSR count). The second-order valence-corrected chi connectivity index (χ2v) is 1.76. The minimum atomic E-state index is -0.421. The molecular weight excluding hydrogens is 118 g/mol. The lowest BCUT2D eigenvalue weighted by molar-refractivity contribution is -0.420. The third kappa shape index (κ3) is 1.38. The number of hydrogen-bond acceptors (Lipinski definition) is 2. The molecule has 3 nitrogen and oxygen atoms in total. The molecule has 1 radical (unpaired) electrons. The van der Waals surface area contributed by atoms with Gasteiger partial charge in [0.1, 0.15) is 0 Å². The van der Waals surface area contributed by atoms with Gasteiger partial charge in [0, 0.05) is 12.2 Å². The van der Waals surface area contributed by atoms with Crippen molar-refractivity contribution in [1.82, 2.24) is 0 Å². The van der Waals surface area contributed by atoms with Crippen LogP contribution in [-0.4, -0.2) is 4.92 Å². The van der Waals surface area contributed by atoms with Crippen molar-refractivity contribution in [1.29, 1.82) is 0 Å². The molecule has 0 aromatic heterocycles. The molecule has 3 heteroatoms. The minimum absolute atomic E-state index is 0.0984. The number of nitro groups is 1. The lowest BCUT2D eigenvalue weighted by Gasteiger charge is -1.94. The van der Waals surface area contributed by atoms with Crippen LogP contribution >= 0.6 is 0 Å². The lowest BCUT2D eigenvalue weighted by atomic mass is 10.2. The largest absolute Gasteiger partial charge is 0.272 e. The Morgan fingerprint density at radius 3 is 2.89 bits per heavy atom. The first-order chi connectivity index (χ1) is 4.30. The maximum atomic E-state index is 10.0. The summed E-state index contributed by atoms with van der Waals surface area (Å²) in [6, 6.07) is 0. The molecule has 0 saturated heterocycles. The molecule has 9 heavy (non-hydrogen) atoms. The highest BCUT2D eigenvalue weighted by Gasteiger charge is 2.07. The molecule has 0 atom stereocenters. The summed E-state index contributed by atoms with van der Waals surface area (Å²) >= 11 is 0. The van der Waals surface area contributed by atoms with Crippen LogP contribution in [0.1, 0.15) is 12.8 Å². The molecule has 0 heterocycles. The fourth-order valence-electron chi connectivity index (χ4n) is 0.663. The van der Waals surface area contributed by atoms with Gasteiger partial charge in [-0.1, -0.05) is 6.08 Å². The zero-order valence-electron chi connectivity index (χ0n) is 4.83. The summed E-state index contributed by atoms with van der Waals surface area (Å²) in [4.78, 5) is 9.59. The van der Waals surface area contributed by atoms with E-state index in [0.29, 0.717) is 6.42 Å². The molecule has 0 aliphatic heterocycles. The number of nitrogens with zero attached hydrogens (tertiary/aromatic N) is 1. The van der Waals surface area contributed by atoms with Gasteiger partial charge in [0.15, 0.2) is 0 Å². The Kier molecular flexibility index (Phi) is 1.63. The van der Waals surface area contributed by atoms with E-state index in [1.165, 1.54) is 6.08 Å². The summed E-state index contributed by atoms with van der Waals surface area (Å²) in [5.74, 6) is 0. The molecule has 0 aromatic carbocycles. The van der Waals surface area contributed by atoms with Crippen LogP contribution in [0.3, 0.4) is 0 Å². The molecule has 0 aromatic rings. The standard InChI is InChI=1S/C6H6NO2/c8-7(9)6-4-2-1-3-5-6/h2,4H,1,3H2. The molecular formula is C6H6NO2. The summed E-state index contributed by atoms with van der Waals surface area (Å²) in [6.07, 6.45) is 7.47. The fraction of sp³-hybridized carbons (Fsp3) is 0.333. The van der Waals surface area contributed by atoms with Gasteiger partial charge in [-0.25, -0.2) is 0 Å². The number of allylic oxidation sites excluding steroid dienone is 3. The predicted octanol–water partition coefficient (Wildman–Crippen LogP) is 1.30. The molecule has 0 unspecified atom stereocenters. The zero-order valence-corrected chi connectivity index (χ0v) is 4.83. The third-order valence-corrected chi connectivity index (χ3v) is 1.09. The SMILES string of the molecule is O=[N+]([O-])C1=[C]CCC=C1. The van der Waals surface area contributed by atoms with Crippen molar-refractivity contribution in [3.05, 3.63) is 34.0 Å². The Morgan fingerprint density at radius 1 is 1.78 bits per heavy atom. The molecule has 47 valence electrons. The van der Waals surface area contributed by atoms with Gasteiger partial charge in [-0.15, -0.1) is 0 Å². The normalized spacial score (nSPS) is 17.1. The van der Waals surface area contributed by atoms with Gasteiger partial charge in [-0.2, -0.15) is 0 Å². The van der Waals surface area contributed by atoms with E-state index in [9.17, 15) is 10.1 Å². The Morgan fingerprint density at radius 2 is 2.56 bits per heavy atom. The van der Waals surface area contributed by atoms with Crippen molar-refractivity contribution in [3.8, 4) is 0 Å². The van der Waals surface area contributed by atoms with Crippen molar-refractivity contribution in [2.24, 2.45) is 0 Å². The van der Waals surface area contributed by atoms with Crippen LogP contribution in [-0.2, 0) is 0 Å². The van der Waals surface area contributed by atoms with E-state index in [1.807, 2.05) is 0 Å². The fourth-order valence-corrected chi connectivity index (χ4v) is 0.663. The first kappa shape index (κ1) is 6.01. The van der Waals surface area contributed by atoms with Crippen LogP contribution in [0.5, 0.6) is 0 Å². The lowest BCUT2D eigenvalue weighted by Crippen LogP contribution is -1.97. The van der Waals surface area contributed by atoms with Gasteiger partial charge in [0.25, 0.3) is 5.70 Å². The highest BCUT2D eigenvalue weighted by molar-refractivity contribution is 5.11. The number of hydrogen-bond donors (Lipinski definition) is 0. The average molecular weight is 124 g/mol. The second kappa shape index (κ2) is 2.44. The van der Waals surface area contributed by atoms with Crippen LogP contribution < -0.4 is 0 Å². The highest BCUT2D eigenvalue weighted by Crippen LogP contribution is 2.07. The third-order valence-electron chi connectivity index (χ3n) is 1.09. The van der Waals surface area contributed by atoms with Gasteiger partial charge >= 0.3 is 0 Å². The molecule has 1 aliphatic carbocycles. The maximum absolute atomic E-state index is 10.0. The first-order valence-corrected chi connectivity index (χ1v) is 2.72. The van der Waals surface area contributed by atoms with E-state index in [4.69, 9.17) is 0 Å².